The number of aromatic amines is 1. The number of hydrogen-bond acceptors (Lipinski definition) is 7. The number of thiazole rings is 1. The predicted octanol–water partition coefficient (Wildman–Crippen LogP) is 3.34. The maximum Gasteiger partial charge on any atom is 0.323 e. The molecule has 0 spiro atoms. The number of ether oxygens (including phenoxy) is 1. The van der Waals surface area contributed by atoms with Gasteiger partial charge in [0.15, 0.2) is 0 Å². The lowest BCUT2D eigenvalue weighted by atomic mass is 9.83. The molecule has 34 heavy (non-hydrogen) atoms. The SMILES string of the molecule is O=C(O)CN1C(=O)C2Sc3[nH]c(=O)sc3[C@@H](c3ccc(OCc4cccc(Cl)c4)cc3)C2C1=O. The molecule has 2 aliphatic heterocycles. The first-order valence-electron chi connectivity index (χ1n) is 10.3. The zero-order chi connectivity index (χ0) is 24.0. The average molecular weight is 517 g/mol. The molecule has 174 valence electrons. The third-order valence-electron chi connectivity index (χ3n) is 5.74. The van der Waals surface area contributed by atoms with Crippen molar-refractivity contribution in [3.63, 3.8) is 0 Å². The number of aliphatic carboxylic acids is 1. The fraction of sp³-hybridized carbons (Fsp3) is 0.217. The number of carboxylic acid groups (broad SMARTS) is 1. The number of carboxylic acids is 1. The van der Waals surface area contributed by atoms with E-state index in [0.29, 0.717) is 27.3 Å². The Morgan fingerprint density at radius 1 is 1.12 bits per heavy atom. The lowest BCUT2D eigenvalue weighted by Crippen LogP contribution is -2.36. The van der Waals surface area contributed by atoms with Gasteiger partial charge in [-0.3, -0.25) is 24.1 Å². The van der Waals surface area contributed by atoms with Crippen molar-refractivity contribution in [1.29, 1.82) is 0 Å². The largest absolute Gasteiger partial charge is 0.489 e. The number of benzene rings is 2. The van der Waals surface area contributed by atoms with E-state index in [2.05, 4.69) is 4.98 Å². The predicted molar refractivity (Wildman–Crippen MR) is 126 cm³/mol. The number of thioether (sulfide) groups is 1. The molecule has 0 saturated carbocycles. The van der Waals surface area contributed by atoms with Crippen LogP contribution in [0.15, 0.2) is 58.4 Å². The van der Waals surface area contributed by atoms with Crippen LogP contribution in [0.3, 0.4) is 0 Å². The van der Waals surface area contributed by atoms with Gasteiger partial charge >= 0.3 is 10.8 Å². The van der Waals surface area contributed by atoms with Gasteiger partial charge in [-0.2, -0.15) is 0 Å². The molecule has 0 radical (unpaired) electrons. The third-order valence-corrected chi connectivity index (χ3v) is 8.38. The van der Waals surface area contributed by atoms with Gasteiger partial charge in [-0.15, -0.1) is 0 Å². The zero-order valence-electron chi connectivity index (χ0n) is 17.4. The van der Waals surface area contributed by atoms with Crippen molar-refractivity contribution in [1.82, 2.24) is 9.88 Å². The molecule has 0 bridgehead atoms. The average Bonchev–Trinajstić information content (AvgIpc) is 3.28. The molecule has 5 rings (SSSR count). The smallest absolute Gasteiger partial charge is 0.323 e. The molecule has 3 aromatic rings. The molecule has 2 amide bonds. The number of nitrogens with one attached hydrogen (secondary N) is 1. The number of imide groups is 1. The molecule has 11 heteroatoms. The number of carbonyl (C=O) groups excluding carboxylic acids is 2. The molecule has 2 aromatic carbocycles. The van der Waals surface area contributed by atoms with Crippen molar-refractivity contribution in [2.45, 2.75) is 22.8 Å². The van der Waals surface area contributed by atoms with Gasteiger partial charge in [-0.1, -0.05) is 59.0 Å². The van der Waals surface area contributed by atoms with Gasteiger partial charge in [-0.05, 0) is 35.4 Å². The Labute approximate surface area is 206 Å². The molecule has 1 fully saturated rings. The van der Waals surface area contributed by atoms with Crippen LogP contribution in [0.4, 0.5) is 0 Å². The minimum Gasteiger partial charge on any atom is -0.489 e. The van der Waals surface area contributed by atoms with Crippen LogP contribution in [-0.4, -0.2) is 44.6 Å². The molecule has 1 saturated heterocycles. The van der Waals surface area contributed by atoms with Crippen LogP contribution in [0.25, 0.3) is 0 Å². The highest BCUT2D eigenvalue weighted by Gasteiger charge is 2.56. The summed E-state index contributed by atoms with van der Waals surface area (Å²) < 4.78 is 5.84. The number of hydrogen-bond donors (Lipinski definition) is 2. The maximum atomic E-state index is 13.1. The van der Waals surface area contributed by atoms with E-state index in [0.717, 1.165) is 39.1 Å². The van der Waals surface area contributed by atoms with Crippen LogP contribution in [0.2, 0.25) is 5.02 Å². The number of fused-ring (bicyclic) bond motifs is 2. The quantitative estimate of drug-likeness (QED) is 0.482. The summed E-state index contributed by atoms with van der Waals surface area (Å²) in [6.07, 6.45) is 0. The second-order valence-corrected chi connectivity index (χ2v) is 10.5. The number of amides is 2. The number of H-pyrrole nitrogens is 1. The highest BCUT2D eigenvalue weighted by atomic mass is 35.5. The normalized spacial score (nSPS) is 21.3. The van der Waals surface area contributed by atoms with E-state index >= 15 is 0 Å². The first-order chi connectivity index (χ1) is 16.3. The number of halogens is 1. The summed E-state index contributed by atoms with van der Waals surface area (Å²) in [5.74, 6) is -3.09. The van der Waals surface area contributed by atoms with Crippen LogP contribution in [0.1, 0.15) is 21.9 Å². The summed E-state index contributed by atoms with van der Waals surface area (Å²) in [6, 6.07) is 14.5. The number of nitrogens with zero attached hydrogens (tertiary/aromatic N) is 1. The molecule has 2 aliphatic rings. The van der Waals surface area contributed by atoms with Gasteiger partial charge < -0.3 is 14.8 Å². The Morgan fingerprint density at radius 3 is 2.59 bits per heavy atom. The lowest BCUT2D eigenvalue weighted by Gasteiger charge is -2.29. The van der Waals surface area contributed by atoms with Crippen molar-refractivity contribution >= 4 is 52.5 Å². The van der Waals surface area contributed by atoms with E-state index in [4.69, 9.17) is 21.4 Å². The van der Waals surface area contributed by atoms with E-state index in [1.54, 1.807) is 30.3 Å². The maximum absolute atomic E-state index is 13.1. The number of rotatable bonds is 6. The molecular weight excluding hydrogens is 500 g/mol. The first-order valence-corrected chi connectivity index (χ1v) is 12.3. The Balaban J connectivity index is 1.44. The first kappa shape index (κ1) is 22.7. The lowest BCUT2D eigenvalue weighted by molar-refractivity contribution is -0.149. The molecular formula is C23H17ClN2O6S2. The molecule has 8 nitrogen and oxygen atoms in total. The van der Waals surface area contributed by atoms with Gasteiger partial charge in [0.2, 0.25) is 11.8 Å². The number of aromatic nitrogens is 1. The fourth-order valence-corrected chi connectivity index (χ4v) is 7.04. The van der Waals surface area contributed by atoms with Crippen LogP contribution in [0, 0.1) is 5.92 Å². The fourth-order valence-electron chi connectivity index (χ4n) is 4.29. The molecule has 1 aromatic heterocycles. The standard InChI is InChI=1S/C23H17ClN2O6S2/c24-13-3-1-2-11(8-13)10-32-14-6-4-12(5-7-14)16-17-19(33-20-18(16)34-23(31)25-20)22(30)26(21(17)29)9-15(27)28/h1-8,16-17,19H,9-10H2,(H,25,31)(H,27,28)/t16-,17?,19?/m0/s1. The van der Waals surface area contributed by atoms with Gasteiger partial charge in [-0.25, -0.2) is 0 Å². The van der Waals surface area contributed by atoms with Crippen molar-refractivity contribution in [3.8, 4) is 5.75 Å². The van der Waals surface area contributed by atoms with Gasteiger partial charge in [0.25, 0.3) is 0 Å². The number of carbonyl (C=O) groups is 3. The summed E-state index contributed by atoms with van der Waals surface area (Å²) in [7, 11) is 0. The van der Waals surface area contributed by atoms with Gasteiger partial charge in [0.05, 0.1) is 10.9 Å². The van der Waals surface area contributed by atoms with Crippen LogP contribution < -0.4 is 9.61 Å². The monoisotopic (exact) mass is 516 g/mol. The van der Waals surface area contributed by atoms with E-state index in [1.807, 2.05) is 18.2 Å². The zero-order valence-corrected chi connectivity index (χ0v) is 19.8. The van der Waals surface area contributed by atoms with Crippen molar-refractivity contribution in [3.05, 3.63) is 79.2 Å². The molecule has 3 atom stereocenters. The molecule has 2 unspecified atom stereocenters. The van der Waals surface area contributed by atoms with E-state index in [-0.39, 0.29) is 4.87 Å². The Hall–Kier alpha value is -3.08. The van der Waals surface area contributed by atoms with Gasteiger partial charge in [0, 0.05) is 15.8 Å². The highest BCUT2D eigenvalue weighted by molar-refractivity contribution is 8.00. The molecule has 3 heterocycles. The Morgan fingerprint density at radius 2 is 1.88 bits per heavy atom. The van der Waals surface area contributed by atoms with Crippen molar-refractivity contribution in [2.75, 3.05) is 6.54 Å². The van der Waals surface area contributed by atoms with Crippen LogP contribution in [-0.2, 0) is 21.0 Å². The Bertz CT molecular complexity index is 1350. The van der Waals surface area contributed by atoms with Gasteiger partial charge in [0.1, 0.15) is 24.2 Å². The molecule has 0 aliphatic carbocycles. The highest BCUT2D eigenvalue weighted by Crippen LogP contribution is 2.52. The second-order valence-electron chi connectivity index (χ2n) is 7.89. The summed E-state index contributed by atoms with van der Waals surface area (Å²) in [6.45, 7) is -0.357. The topological polar surface area (TPSA) is 117 Å². The summed E-state index contributed by atoms with van der Waals surface area (Å²) in [5.41, 5.74) is 1.65. The Kier molecular flexibility index (Phi) is 5.97. The number of likely N-dealkylation sites (tertiary alicyclic amines) is 1. The van der Waals surface area contributed by atoms with E-state index in [1.165, 1.54) is 0 Å². The minimum absolute atomic E-state index is 0.272. The van der Waals surface area contributed by atoms with Crippen molar-refractivity contribution < 1.29 is 24.2 Å². The third kappa shape index (κ3) is 4.13. The summed E-state index contributed by atoms with van der Waals surface area (Å²) in [5, 5.41) is 9.52. The van der Waals surface area contributed by atoms with E-state index in [9.17, 15) is 19.2 Å². The summed E-state index contributed by atoms with van der Waals surface area (Å²) in [4.78, 5) is 53.3. The minimum atomic E-state index is -1.26. The summed E-state index contributed by atoms with van der Waals surface area (Å²) >= 11 is 8.13. The van der Waals surface area contributed by atoms with Crippen LogP contribution in [0.5, 0.6) is 5.75 Å². The van der Waals surface area contributed by atoms with Crippen LogP contribution >= 0.6 is 34.7 Å². The second kappa shape index (κ2) is 8.94. The molecule has 2 N–H and O–H groups in total. The van der Waals surface area contributed by atoms with Crippen molar-refractivity contribution in [2.24, 2.45) is 5.92 Å². The van der Waals surface area contributed by atoms with E-state index < -0.39 is 41.4 Å².